The quantitative estimate of drug-likeness (QED) is 0.483. The molecule has 9 heteroatoms. The lowest BCUT2D eigenvalue weighted by molar-refractivity contribution is -0.119. The second-order valence-electron chi connectivity index (χ2n) is 9.44. The van der Waals surface area contributed by atoms with Gasteiger partial charge in [-0.05, 0) is 61.6 Å². The van der Waals surface area contributed by atoms with Gasteiger partial charge in [-0.3, -0.25) is 4.79 Å². The molecule has 0 aliphatic carbocycles. The van der Waals surface area contributed by atoms with Crippen LogP contribution in [0.5, 0.6) is 5.75 Å². The van der Waals surface area contributed by atoms with Crippen molar-refractivity contribution in [3.05, 3.63) is 88.9 Å². The molecular formula is C29H30ClN5O2S. The molecule has 2 unspecified atom stereocenters. The zero-order valence-corrected chi connectivity index (χ0v) is 23.2. The predicted octanol–water partition coefficient (Wildman–Crippen LogP) is 4.57. The SMILES string of the molecule is COc1ccc(N2CCN(C(=S)NC3N=C(c4ccccc4)c4cc(Cl)ccc4N(C)C3=O)CC2C)cc1. The van der Waals surface area contributed by atoms with Gasteiger partial charge in [-0.1, -0.05) is 41.9 Å². The Bertz CT molecular complexity index is 1370. The third-order valence-electron chi connectivity index (χ3n) is 7.02. The summed E-state index contributed by atoms with van der Waals surface area (Å²) in [7, 11) is 3.42. The Morgan fingerprint density at radius 2 is 1.82 bits per heavy atom. The number of thiocarbonyl (C=S) groups is 1. The molecule has 196 valence electrons. The molecule has 0 aromatic heterocycles. The summed E-state index contributed by atoms with van der Waals surface area (Å²) >= 11 is 12.2. The van der Waals surface area contributed by atoms with E-state index in [0.717, 1.165) is 47.9 Å². The van der Waals surface area contributed by atoms with E-state index in [1.54, 1.807) is 25.1 Å². The molecule has 2 atom stereocenters. The summed E-state index contributed by atoms with van der Waals surface area (Å²) in [4.78, 5) is 24.6. The maximum absolute atomic E-state index is 13.6. The van der Waals surface area contributed by atoms with Crippen molar-refractivity contribution in [2.45, 2.75) is 19.1 Å². The summed E-state index contributed by atoms with van der Waals surface area (Å²) in [5.74, 6) is 0.648. The van der Waals surface area contributed by atoms with Gasteiger partial charge in [-0.25, -0.2) is 4.99 Å². The number of benzene rings is 3. The van der Waals surface area contributed by atoms with Gasteiger partial charge in [0.2, 0.25) is 6.17 Å². The van der Waals surface area contributed by atoms with Crippen molar-refractivity contribution < 1.29 is 9.53 Å². The number of methoxy groups -OCH3 is 1. The number of nitrogens with one attached hydrogen (secondary N) is 1. The van der Waals surface area contributed by atoms with E-state index in [1.807, 2.05) is 54.6 Å². The van der Waals surface area contributed by atoms with E-state index in [4.69, 9.17) is 33.5 Å². The number of carbonyl (C=O) groups is 1. The minimum atomic E-state index is -0.871. The zero-order valence-electron chi connectivity index (χ0n) is 21.6. The molecule has 1 amide bonds. The topological polar surface area (TPSA) is 60.4 Å². The number of anilines is 2. The fourth-order valence-corrected chi connectivity index (χ4v) is 5.42. The average Bonchev–Trinajstić information content (AvgIpc) is 3.03. The van der Waals surface area contributed by atoms with Crippen molar-refractivity contribution in [3.63, 3.8) is 0 Å². The molecule has 3 aromatic carbocycles. The molecule has 1 saturated heterocycles. The Morgan fingerprint density at radius 3 is 2.50 bits per heavy atom. The van der Waals surface area contributed by atoms with Gasteiger partial charge in [0.05, 0.1) is 18.5 Å². The first-order valence-electron chi connectivity index (χ1n) is 12.5. The molecule has 2 aliphatic heterocycles. The van der Waals surface area contributed by atoms with Crippen molar-refractivity contribution in [1.29, 1.82) is 0 Å². The molecule has 0 bridgehead atoms. The highest BCUT2D eigenvalue weighted by Gasteiger charge is 2.33. The number of rotatable bonds is 4. The summed E-state index contributed by atoms with van der Waals surface area (Å²) in [6.07, 6.45) is -0.871. The first-order chi connectivity index (χ1) is 18.4. The second kappa shape index (κ2) is 11.0. The van der Waals surface area contributed by atoms with Crippen molar-refractivity contribution >= 4 is 51.9 Å². The van der Waals surface area contributed by atoms with Gasteiger partial charge in [-0.15, -0.1) is 0 Å². The molecule has 5 rings (SSSR count). The van der Waals surface area contributed by atoms with Crippen LogP contribution in [0.2, 0.25) is 5.02 Å². The van der Waals surface area contributed by atoms with E-state index >= 15 is 0 Å². The molecule has 0 saturated carbocycles. The van der Waals surface area contributed by atoms with Gasteiger partial charge in [0.1, 0.15) is 5.75 Å². The van der Waals surface area contributed by atoms with E-state index < -0.39 is 6.17 Å². The fraction of sp³-hybridized carbons (Fsp3) is 0.276. The van der Waals surface area contributed by atoms with Crippen LogP contribution in [0.4, 0.5) is 11.4 Å². The van der Waals surface area contributed by atoms with Crippen molar-refractivity contribution in [1.82, 2.24) is 10.2 Å². The van der Waals surface area contributed by atoms with Crippen LogP contribution in [0.25, 0.3) is 0 Å². The number of ether oxygens (including phenoxy) is 1. The van der Waals surface area contributed by atoms with Crippen LogP contribution in [-0.2, 0) is 4.79 Å². The van der Waals surface area contributed by atoms with Crippen LogP contribution < -0.4 is 19.9 Å². The van der Waals surface area contributed by atoms with Crippen LogP contribution in [0.1, 0.15) is 18.1 Å². The lowest BCUT2D eigenvalue weighted by atomic mass is 10.0. The number of aliphatic imine (C=N–C) groups is 1. The van der Waals surface area contributed by atoms with Gasteiger partial charge in [0.15, 0.2) is 5.11 Å². The fourth-order valence-electron chi connectivity index (χ4n) is 4.97. The second-order valence-corrected chi connectivity index (χ2v) is 10.3. The maximum atomic E-state index is 13.6. The number of nitrogens with zero attached hydrogens (tertiary/aromatic N) is 4. The summed E-state index contributed by atoms with van der Waals surface area (Å²) in [6.45, 7) is 4.43. The lowest BCUT2D eigenvalue weighted by Crippen LogP contribution is -2.58. The van der Waals surface area contributed by atoms with Crippen molar-refractivity contribution in [3.8, 4) is 5.75 Å². The normalized spacial score (nSPS) is 19.4. The maximum Gasteiger partial charge on any atom is 0.272 e. The number of piperazine rings is 1. The number of benzodiazepines with no additional fused rings is 1. The first-order valence-corrected chi connectivity index (χ1v) is 13.3. The highest BCUT2D eigenvalue weighted by Crippen LogP contribution is 2.30. The summed E-state index contributed by atoms with van der Waals surface area (Å²) in [5, 5.41) is 4.35. The summed E-state index contributed by atoms with van der Waals surface area (Å²) in [5.41, 5.74) is 4.29. The minimum Gasteiger partial charge on any atom is -0.497 e. The molecule has 0 spiro atoms. The molecule has 2 heterocycles. The molecule has 2 aliphatic rings. The number of halogens is 1. The van der Waals surface area contributed by atoms with E-state index in [9.17, 15) is 4.79 Å². The molecule has 1 fully saturated rings. The Hall–Kier alpha value is -3.62. The third-order valence-corrected chi connectivity index (χ3v) is 7.64. The summed E-state index contributed by atoms with van der Waals surface area (Å²) < 4.78 is 5.29. The van der Waals surface area contributed by atoms with Gasteiger partial charge in [-0.2, -0.15) is 0 Å². The molecular weight excluding hydrogens is 518 g/mol. The molecule has 7 nitrogen and oxygen atoms in total. The Morgan fingerprint density at radius 1 is 1.08 bits per heavy atom. The molecule has 38 heavy (non-hydrogen) atoms. The number of fused-ring (bicyclic) bond motifs is 1. The zero-order chi connectivity index (χ0) is 26.8. The van der Waals surface area contributed by atoms with Gasteiger partial charge in [0.25, 0.3) is 5.91 Å². The Labute approximate surface area is 233 Å². The lowest BCUT2D eigenvalue weighted by Gasteiger charge is -2.42. The highest BCUT2D eigenvalue weighted by molar-refractivity contribution is 7.80. The van der Waals surface area contributed by atoms with E-state index in [2.05, 4.69) is 34.2 Å². The van der Waals surface area contributed by atoms with Crippen LogP contribution in [0.3, 0.4) is 0 Å². The van der Waals surface area contributed by atoms with Crippen molar-refractivity contribution in [2.24, 2.45) is 4.99 Å². The van der Waals surface area contributed by atoms with E-state index in [0.29, 0.717) is 15.8 Å². The number of hydrogen-bond donors (Lipinski definition) is 1. The minimum absolute atomic E-state index is 0.188. The largest absolute Gasteiger partial charge is 0.497 e. The number of carbonyl (C=O) groups excluding carboxylic acids is 1. The number of amides is 1. The van der Waals surface area contributed by atoms with E-state index in [-0.39, 0.29) is 11.9 Å². The molecule has 1 N–H and O–H groups in total. The average molecular weight is 548 g/mol. The highest BCUT2D eigenvalue weighted by atomic mass is 35.5. The van der Waals surface area contributed by atoms with Gasteiger partial charge in [0, 0.05) is 54.6 Å². The van der Waals surface area contributed by atoms with Gasteiger partial charge >= 0.3 is 0 Å². The standard InChI is InChI=1S/C29H30ClN5O2S/c1-19-18-34(15-16-35(19)22-10-12-23(37-3)13-11-22)29(38)32-27-28(36)33(2)25-14-9-21(30)17-24(25)26(31-27)20-7-5-4-6-8-20/h4-14,17,19,27H,15-16,18H2,1-3H3,(H,32,38). The number of hydrogen-bond acceptors (Lipinski definition) is 5. The van der Waals surface area contributed by atoms with Crippen LogP contribution >= 0.6 is 23.8 Å². The third kappa shape index (κ3) is 5.19. The van der Waals surface area contributed by atoms with Crippen LogP contribution in [0, 0.1) is 0 Å². The predicted molar refractivity (Wildman–Crippen MR) is 158 cm³/mol. The monoisotopic (exact) mass is 547 g/mol. The first kappa shape index (κ1) is 26.0. The van der Waals surface area contributed by atoms with E-state index in [1.165, 1.54) is 0 Å². The Kier molecular flexibility index (Phi) is 7.53. The summed E-state index contributed by atoms with van der Waals surface area (Å²) in [6, 6.07) is 23.6. The number of likely N-dealkylation sites (N-methyl/N-ethyl adjacent to an activating group) is 1. The molecule has 3 aromatic rings. The Balaban J connectivity index is 1.37. The molecule has 0 radical (unpaired) electrons. The van der Waals surface area contributed by atoms with Crippen LogP contribution in [0.15, 0.2) is 77.8 Å². The van der Waals surface area contributed by atoms with Gasteiger partial charge < -0.3 is 24.8 Å². The van der Waals surface area contributed by atoms with Crippen LogP contribution in [-0.4, -0.2) is 67.6 Å². The smallest absolute Gasteiger partial charge is 0.272 e. The van der Waals surface area contributed by atoms with Crippen molar-refractivity contribution in [2.75, 3.05) is 43.6 Å².